The number of benzene rings is 1. The van der Waals surface area contributed by atoms with Crippen molar-refractivity contribution in [3.8, 4) is 0 Å². The molecule has 2 heterocycles. The van der Waals surface area contributed by atoms with Crippen molar-refractivity contribution in [1.29, 1.82) is 0 Å². The SMILES string of the molecule is Cn1ccc(C(CNC(=O)c2ccccc2)c2cnc(C(F)(F)F)nc2)n1. The number of carbonyl (C=O) groups is 1. The van der Waals surface area contributed by atoms with Crippen molar-refractivity contribution in [2.24, 2.45) is 7.05 Å². The Balaban J connectivity index is 1.82. The van der Waals surface area contributed by atoms with E-state index in [0.717, 1.165) is 12.4 Å². The van der Waals surface area contributed by atoms with Crippen molar-refractivity contribution in [3.05, 3.63) is 77.6 Å². The third-order valence-corrected chi connectivity index (χ3v) is 3.92. The summed E-state index contributed by atoms with van der Waals surface area (Å²) in [6.07, 6.45) is -0.666. The number of hydrogen-bond acceptors (Lipinski definition) is 4. The number of aryl methyl sites for hydroxylation is 1. The summed E-state index contributed by atoms with van der Waals surface area (Å²) in [5.74, 6) is -1.98. The fourth-order valence-electron chi connectivity index (χ4n) is 2.56. The largest absolute Gasteiger partial charge is 0.451 e. The molecular formula is C18H16F3N5O. The summed E-state index contributed by atoms with van der Waals surface area (Å²) in [4.78, 5) is 19.1. The summed E-state index contributed by atoms with van der Waals surface area (Å²) >= 11 is 0. The fourth-order valence-corrected chi connectivity index (χ4v) is 2.56. The van der Waals surface area contributed by atoms with Gasteiger partial charge in [0.2, 0.25) is 5.82 Å². The smallest absolute Gasteiger partial charge is 0.351 e. The molecule has 0 bridgehead atoms. The second-order valence-corrected chi connectivity index (χ2v) is 5.88. The Labute approximate surface area is 153 Å². The van der Waals surface area contributed by atoms with Crippen LogP contribution < -0.4 is 5.32 Å². The summed E-state index contributed by atoms with van der Waals surface area (Å²) < 4.78 is 39.6. The highest BCUT2D eigenvalue weighted by molar-refractivity contribution is 5.94. The van der Waals surface area contributed by atoms with E-state index in [2.05, 4.69) is 20.4 Å². The van der Waals surface area contributed by atoms with Crippen LogP contribution in [0.4, 0.5) is 13.2 Å². The minimum atomic E-state index is -4.61. The predicted molar refractivity (Wildman–Crippen MR) is 90.9 cm³/mol. The average Bonchev–Trinajstić information content (AvgIpc) is 3.08. The number of amides is 1. The van der Waals surface area contributed by atoms with Crippen LogP contribution in [0.2, 0.25) is 0 Å². The lowest BCUT2D eigenvalue weighted by atomic mass is 9.98. The maximum Gasteiger partial charge on any atom is 0.451 e. The van der Waals surface area contributed by atoms with Crippen molar-refractivity contribution in [2.45, 2.75) is 12.1 Å². The van der Waals surface area contributed by atoms with Gasteiger partial charge in [-0.25, -0.2) is 9.97 Å². The van der Waals surface area contributed by atoms with Crippen LogP contribution in [0.1, 0.15) is 33.4 Å². The number of hydrogen-bond donors (Lipinski definition) is 1. The summed E-state index contributed by atoms with van der Waals surface area (Å²) in [6.45, 7) is 0.138. The van der Waals surface area contributed by atoms with Gasteiger partial charge in [-0.2, -0.15) is 18.3 Å². The number of aromatic nitrogens is 4. The Morgan fingerprint density at radius 2 is 1.81 bits per heavy atom. The first-order chi connectivity index (χ1) is 12.8. The van der Waals surface area contributed by atoms with Gasteiger partial charge in [0.15, 0.2) is 0 Å². The molecular weight excluding hydrogens is 359 g/mol. The molecule has 3 aromatic rings. The molecule has 2 aromatic heterocycles. The Kier molecular flexibility index (Phi) is 5.20. The lowest BCUT2D eigenvalue weighted by Crippen LogP contribution is -2.29. The topological polar surface area (TPSA) is 72.7 Å². The van der Waals surface area contributed by atoms with Crippen molar-refractivity contribution < 1.29 is 18.0 Å². The Hall–Kier alpha value is -3.23. The number of halogens is 3. The fraction of sp³-hybridized carbons (Fsp3) is 0.222. The lowest BCUT2D eigenvalue weighted by molar-refractivity contribution is -0.145. The molecule has 1 amide bonds. The number of nitrogens with zero attached hydrogens (tertiary/aromatic N) is 4. The van der Waals surface area contributed by atoms with E-state index in [1.54, 1.807) is 54.3 Å². The molecule has 0 spiro atoms. The molecule has 0 aliphatic carbocycles. The number of rotatable bonds is 5. The van der Waals surface area contributed by atoms with E-state index in [0.29, 0.717) is 16.8 Å². The van der Waals surface area contributed by atoms with Crippen LogP contribution in [-0.2, 0) is 13.2 Å². The molecule has 0 saturated heterocycles. The van der Waals surface area contributed by atoms with Crippen LogP contribution in [0.25, 0.3) is 0 Å². The molecule has 0 fully saturated rings. The molecule has 1 aromatic carbocycles. The van der Waals surface area contributed by atoms with Gasteiger partial charge in [-0.05, 0) is 23.8 Å². The molecule has 1 atom stereocenters. The quantitative estimate of drug-likeness (QED) is 0.744. The van der Waals surface area contributed by atoms with E-state index in [1.165, 1.54) is 0 Å². The van der Waals surface area contributed by atoms with E-state index in [-0.39, 0.29) is 12.5 Å². The predicted octanol–water partition coefficient (Wildman–Crippen LogP) is 2.79. The zero-order valence-corrected chi connectivity index (χ0v) is 14.3. The van der Waals surface area contributed by atoms with E-state index in [4.69, 9.17) is 0 Å². The molecule has 3 rings (SSSR count). The Bertz CT molecular complexity index is 907. The third kappa shape index (κ3) is 4.49. The lowest BCUT2D eigenvalue weighted by Gasteiger charge is -2.16. The molecule has 140 valence electrons. The normalized spacial score (nSPS) is 12.6. The standard InChI is InChI=1S/C18H16F3N5O/c1-26-8-7-15(25-26)14(11-22-16(27)12-5-3-2-4-6-12)13-9-23-17(24-10-13)18(19,20)21/h2-10,14H,11H2,1H3,(H,22,27). The van der Waals surface area contributed by atoms with Crippen molar-refractivity contribution in [3.63, 3.8) is 0 Å². The van der Waals surface area contributed by atoms with Crippen LogP contribution in [-0.4, -0.2) is 32.2 Å². The van der Waals surface area contributed by atoms with Gasteiger partial charge in [-0.1, -0.05) is 18.2 Å². The first-order valence-corrected chi connectivity index (χ1v) is 8.06. The first-order valence-electron chi connectivity index (χ1n) is 8.06. The maximum atomic E-state index is 12.7. The highest BCUT2D eigenvalue weighted by Gasteiger charge is 2.34. The first kappa shape index (κ1) is 18.6. The van der Waals surface area contributed by atoms with Gasteiger partial charge in [0.1, 0.15) is 0 Å². The van der Waals surface area contributed by atoms with E-state index < -0.39 is 17.9 Å². The van der Waals surface area contributed by atoms with Gasteiger partial charge in [0.05, 0.1) is 5.69 Å². The summed E-state index contributed by atoms with van der Waals surface area (Å²) in [6, 6.07) is 10.4. The van der Waals surface area contributed by atoms with Crippen molar-refractivity contribution in [1.82, 2.24) is 25.1 Å². The second-order valence-electron chi connectivity index (χ2n) is 5.88. The molecule has 9 heteroatoms. The number of alkyl halides is 3. The number of carbonyl (C=O) groups excluding carboxylic acids is 1. The molecule has 0 aliphatic rings. The zero-order valence-electron chi connectivity index (χ0n) is 14.3. The summed E-state index contributed by atoms with van der Waals surface area (Å²) in [7, 11) is 1.73. The highest BCUT2D eigenvalue weighted by Crippen LogP contribution is 2.27. The molecule has 0 saturated carbocycles. The van der Waals surface area contributed by atoms with E-state index in [9.17, 15) is 18.0 Å². The third-order valence-electron chi connectivity index (χ3n) is 3.92. The summed E-state index contributed by atoms with van der Waals surface area (Å²) in [5, 5.41) is 7.08. The minimum absolute atomic E-state index is 0.138. The molecule has 6 nitrogen and oxygen atoms in total. The Morgan fingerprint density at radius 1 is 1.15 bits per heavy atom. The van der Waals surface area contributed by atoms with Crippen molar-refractivity contribution in [2.75, 3.05) is 6.54 Å². The van der Waals surface area contributed by atoms with Gasteiger partial charge in [0, 0.05) is 43.7 Å². The van der Waals surface area contributed by atoms with Crippen LogP contribution in [0, 0.1) is 0 Å². The second kappa shape index (κ2) is 7.56. The Morgan fingerprint density at radius 3 is 2.37 bits per heavy atom. The zero-order chi connectivity index (χ0) is 19.4. The maximum absolute atomic E-state index is 12.7. The minimum Gasteiger partial charge on any atom is -0.351 e. The van der Waals surface area contributed by atoms with Crippen molar-refractivity contribution >= 4 is 5.91 Å². The van der Waals surface area contributed by atoms with Gasteiger partial charge >= 0.3 is 6.18 Å². The monoisotopic (exact) mass is 375 g/mol. The highest BCUT2D eigenvalue weighted by atomic mass is 19.4. The molecule has 27 heavy (non-hydrogen) atoms. The van der Waals surface area contributed by atoms with Gasteiger partial charge < -0.3 is 5.32 Å². The molecule has 1 N–H and O–H groups in total. The average molecular weight is 375 g/mol. The molecule has 1 unspecified atom stereocenters. The van der Waals surface area contributed by atoms with Crippen LogP contribution >= 0.6 is 0 Å². The van der Waals surface area contributed by atoms with Gasteiger partial charge in [0.25, 0.3) is 5.91 Å². The van der Waals surface area contributed by atoms with Crippen LogP contribution in [0.5, 0.6) is 0 Å². The van der Waals surface area contributed by atoms with E-state index >= 15 is 0 Å². The molecule has 0 radical (unpaired) electrons. The van der Waals surface area contributed by atoms with Gasteiger partial charge in [-0.3, -0.25) is 9.48 Å². The van der Waals surface area contributed by atoms with Crippen LogP contribution in [0.3, 0.4) is 0 Å². The van der Waals surface area contributed by atoms with Crippen LogP contribution in [0.15, 0.2) is 55.0 Å². The van der Waals surface area contributed by atoms with Gasteiger partial charge in [-0.15, -0.1) is 0 Å². The summed E-state index contributed by atoms with van der Waals surface area (Å²) in [5.41, 5.74) is 1.50. The van der Waals surface area contributed by atoms with E-state index in [1.807, 2.05) is 0 Å². The molecule has 0 aliphatic heterocycles. The number of nitrogens with one attached hydrogen (secondary N) is 1.